The number of benzene rings is 2. The van der Waals surface area contributed by atoms with Crippen LogP contribution in [0.25, 0.3) is 10.6 Å². The number of rotatable bonds is 7. The largest absolute Gasteiger partial charge is 0.497 e. The Bertz CT molecular complexity index is 894. The van der Waals surface area contributed by atoms with E-state index >= 15 is 0 Å². The van der Waals surface area contributed by atoms with Crippen LogP contribution in [0.1, 0.15) is 5.69 Å². The van der Waals surface area contributed by atoms with Gasteiger partial charge in [-0.3, -0.25) is 9.69 Å². The summed E-state index contributed by atoms with van der Waals surface area (Å²) in [5, 5.41) is 6.47. The number of ether oxygens (including phenoxy) is 1. The predicted octanol–water partition coefficient (Wildman–Crippen LogP) is 4.54. The van der Waals surface area contributed by atoms with Crippen molar-refractivity contribution in [3.05, 3.63) is 64.6 Å². The SMILES string of the molecule is COc1ccc(-c2nc(CN(C)CC(=O)Nc3ccc(Cl)cc3)cs2)cc1. The van der Waals surface area contributed by atoms with E-state index in [0.717, 1.165) is 27.7 Å². The van der Waals surface area contributed by atoms with Crippen molar-refractivity contribution in [1.29, 1.82) is 0 Å². The van der Waals surface area contributed by atoms with Crippen LogP contribution in [0.4, 0.5) is 5.69 Å². The molecule has 0 spiro atoms. The summed E-state index contributed by atoms with van der Waals surface area (Å²) in [7, 11) is 3.54. The van der Waals surface area contributed by atoms with E-state index in [9.17, 15) is 4.79 Å². The molecule has 0 unspecified atom stereocenters. The highest BCUT2D eigenvalue weighted by Gasteiger charge is 2.11. The molecule has 1 aromatic heterocycles. The van der Waals surface area contributed by atoms with Crippen molar-refractivity contribution >= 4 is 34.5 Å². The first-order valence-electron chi connectivity index (χ1n) is 8.36. The van der Waals surface area contributed by atoms with Crippen LogP contribution in [-0.4, -0.2) is 36.5 Å². The molecule has 0 radical (unpaired) electrons. The number of likely N-dealkylation sites (N-methyl/N-ethyl adjacent to an activating group) is 1. The van der Waals surface area contributed by atoms with E-state index in [4.69, 9.17) is 16.3 Å². The first kappa shape index (κ1) is 19.4. The second kappa shape index (κ2) is 8.99. The summed E-state index contributed by atoms with van der Waals surface area (Å²) in [6.45, 7) is 0.874. The molecule has 3 rings (SSSR count). The Labute approximate surface area is 167 Å². The number of hydrogen-bond acceptors (Lipinski definition) is 5. The third-order valence-corrected chi connectivity index (χ3v) is 5.05. The molecule has 0 fully saturated rings. The maximum Gasteiger partial charge on any atom is 0.238 e. The molecule has 0 bridgehead atoms. The van der Waals surface area contributed by atoms with Gasteiger partial charge in [-0.1, -0.05) is 11.6 Å². The Morgan fingerprint density at radius 1 is 1.19 bits per heavy atom. The Morgan fingerprint density at radius 3 is 2.56 bits per heavy atom. The first-order chi connectivity index (χ1) is 13.0. The van der Waals surface area contributed by atoms with Gasteiger partial charge in [-0.05, 0) is 55.6 Å². The van der Waals surface area contributed by atoms with E-state index in [-0.39, 0.29) is 12.5 Å². The van der Waals surface area contributed by atoms with Crippen LogP contribution in [0.3, 0.4) is 0 Å². The smallest absolute Gasteiger partial charge is 0.238 e. The van der Waals surface area contributed by atoms with Gasteiger partial charge in [0.2, 0.25) is 5.91 Å². The zero-order chi connectivity index (χ0) is 19.2. The lowest BCUT2D eigenvalue weighted by molar-refractivity contribution is -0.117. The highest BCUT2D eigenvalue weighted by molar-refractivity contribution is 7.13. The number of halogens is 1. The highest BCUT2D eigenvalue weighted by Crippen LogP contribution is 2.26. The molecule has 1 heterocycles. The molecule has 27 heavy (non-hydrogen) atoms. The van der Waals surface area contributed by atoms with E-state index in [1.54, 1.807) is 42.7 Å². The molecule has 3 aromatic rings. The normalized spacial score (nSPS) is 10.8. The number of carbonyl (C=O) groups excluding carboxylic acids is 1. The lowest BCUT2D eigenvalue weighted by Crippen LogP contribution is -2.29. The van der Waals surface area contributed by atoms with Gasteiger partial charge in [0.1, 0.15) is 10.8 Å². The lowest BCUT2D eigenvalue weighted by atomic mass is 10.2. The maximum atomic E-state index is 12.2. The molecular weight excluding hydrogens is 382 g/mol. The van der Waals surface area contributed by atoms with E-state index in [1.165, 1.54) is 0 Å². The highest BCUT2D eigenvalue weighted by atomic mass is 35.5. The Kier molecular flexibility index (Phi) is 6.45. The molecule has 5 nitrogen and oxygen atoms in total. The van der Waals surface area contributed by atoms with Gasteiger partial charge in [-0.2, -0.15) is 0 Å². The number of nitrogens with one attached hydrogen (secondary N) is 1. The average Bonchev–Trinajstić information content (AvgIpc) is 3.12. The average molecular weight is 402 g/mol. The molecule has 0 saturated heterocycles. The number of nitrogens with zero attached hydrogens (tertiary/aromatic N) is 2. The fraction of sp³-hybridized carbons (Fsp3) is 0.200. The van der Waals surface area contributed by atoms with Crippen LogP contribution in [0, 0.1) is 0 Å². The van der Waals surface area contributed by atoms with Crippen molar-refractivity contribution < 1.29 is 9.53 Å². The van der Waals surface area contributed by atoms with Gasteiger partial charge in [-0.25, -0.2) is 4.98 Å². The van der Waals surface area contributed by atoms with Crippen LogP contribution >= 0.6 is 22.9 Å². The molecular formula is C20H20ClN3O2S. The molecule has 0 atom stereocenters. The third-order valence-electron chi connectivity index (χ3n) is 3.86. The summed E-state index contributed by atoms with van der Waals surface area (Å²) >= 11 is 7.44. The summed E-state index contributed by atoms with van der Waals surface area (Å²) in [5.41, 5.74) is 2.72. The number of amides is 1. The maximum absolute atomic E-state index is 12.2. The van der Waals surface area contributed by atoms with Crippen LogP contribution in [0.15, 0.2) is 53.9 Å². The van der Waals surface area contributed by atoms with E-state index in [1.807, 2.05) is 41.6 Å². The minimum absolute atomic E-state index is 0.0783. The van der Waals surface area contributed by atoms with Crippen molar-refractivity contribution in [1.82, 2.24) is 9.88 Å². The van der Waals surface area contributed by atoms with Gasteiger partial charge in [-0.15, -0.1) is 11.3 Å². The zero-order valence-corrected chi connectivity index (χ0v) is 16.7. The molecule has 1 amide bonds. The first-order valence-corrected chi connectivity index (χ1v) is 9.62. The second-order valence-corrected chi connectivity index (χ2v) is 7.39. The molecule has 140 valence electrons. The summed E-state index contributed by atoms with van der Waals surface area (Å²) in [4.78, 5) is 18.8. The summed E-state index contributed by atoms with van der Waals surface area (Å²) in [5.74, 6) is 0.743. The third kappa shape index (κ3) is 5.53. The lowest BCUT2D eigenvalue weighted by Gasteiger charge is -2.15. The number of methoxy groups -OCH3 is 1. The van der Waals surface area contributed by atoms with Crippen LogP contribution in [0.2, 0.25) is 5.02 Å². The summed E-state index contributed by atoms with van der Waals surface area (Å²) in [6, 6.07) is 14.9. The Morgan fingerprint density at radius 2 is 1.89 bits per heavy atom. The number of carbonyl (C=O) groups is 1. The molecule has 0 aliphatic heterocycles. The summed E-state index contributed by atoms with van der Waals surface area (Å²) < 4.78 is 5.18. The number of aromatic nitrogens is 1. The van der Waals surface area contributed by atoms with Gasteiger partial charge in [0.15, 0.2) is 0 Å². The minimum Gasteiger partial charge on any atom is -0.497 e. The number of anilines is 1. The van der Waals surface area contributed by atoms with Crippen molar-refractivity contribution in [3.8, 4) is 16.3 Å². The topological polar surface area (TPSA) is 54.5 Å². The molecule has 1 N–H and O–H groups in total. The monoisotopic (exact) mass is 401 g/mol. The molecule has 0 saturated carbocycles. The fourth-order valence-corrected chi connectivity index (χ4v) is 3.50. The van der Waals surface area contributed by atoms with Gasteiger partial charge in [0, 0.05) is 28.2 Å². The second-order valence-electron chi connectivity index (χ2n) is 6.10. The standard InChI is InChI=1S/C20H20ClN3O2S/c1-24(12-19(25)22-16-7-5-15(21)6-8-16)11-17-13-27-20(23-17)14-3-9-18(26-2)10-4-14/h3-10,13H,11-12H2,1-2H3,(H,22,25). The number of hydrogen-bond donors (Lipinski definition) is 1. The van der Waals surface area contributed by atoms with Gasteiger partial charge in [0.05, 0.1) is 19.3 Å². The van der Waals surface area contributed by atoms with Crippen LogP contribution in [-0.2, 0) is 11.3 Å². The van der Waals surface area contributed by atoms with Crippen molar-refractivity contribution in [2.45, 2.75) is 6.54 Å². The quantitative estimate of drug-likeness (QED) is 0.631. The van der Waals surface area contributed by atoms with Gasteiger partial charge >= 0.3 is 0 Å². The minimum atomic E-state index is -0.0783. The van der Waals surface area contributed by atoms with Crippen molar-refractivity contribution in [2.75, 3.05) is 26.0 Å². The Balaban J connectivity index is 1.54. The molecule has 2 aromatic carbocycles. The Hall–Kier alpha value is -2.41. The van der Waals surface area contributed by atoms with Crippen LogP contribution in [0.5, 0.6) is 5.75 Å². The van der Waals surface area contributed by atoms with Crippen LogP contribution < -0.4 is 10.1 Å². The molecule has 0 aliphatic rings. The molecule has 7 heteroatoms. The van der Waals surface area contributed by atoms with Crippen molar-refractivity contribution in [2.24, 2.45) is 0 Å². The summed E-state index contributed by atoms with van der Waals surface area (Å²) in [6.07, 6.45) is 0. The zero-order valence-electron chi connectivity index (χ0n) is 15.1. The fourth-order valence-electron chi connectivity index (χ4n) is 2.56. The van der Waals surface area contributed by atoms with E-state index in [0.29, 0.717) is 11.6 Å². The van der Waals surface area contributed by atoms with Crippen molar-refractivity contribution in [3.63, 3.8) is 0 Å². The van der Waals surface area contributed by atoms with Gasteiger partial charge < -0.3 is 10.1 Å². The van der Waals surface area contributed by atoms with E-state index < -0.39 is 0 Å². The van der Waals surface area contributed by atoms with E-state index in [2.05, 4.69) is 10.3 Å². The number of thiazole rings is 1. The van der Waals surface area contributed by atoms with Gasteiger partial charge in [0.25, 0.3) is 0 Å². The molecule has 0 aliphatic carbocycles. The predicted molar refractivity (Wildman–Crippen MR) is 111 cm³/mol.